The van der Waals surface area contributed by atoms with Crippen LogP contribution in [-0.4, -0.2) is 128 Å². The first-order valence-corrected chi connectivity index (χ1v) is 18.3. The topological polar surface area (TPSA) is 331 Å². The predicted molar refractivity (Wildman–Crippen MR) is 172 cm³/mol. The SMILES string of the molecule is COCCOCCN[P@](=O)(OC[C@@H]1C[C@@H](O)[C@H](n2ccc(N)nc2=O)O1)O[C@H]1[C@@H](OC)[C@H](n2cnc3c(=O)[nH]c(N)nc32)O[C@@H]1COP(=O)(O)O. The lowest BCUT2D eigenvalue weighted by Gasteiger charge is -2.28. The molecule has 26 heteroatoms. The van der Waals surface area contributed by atoms with E-state index in [2.05, 4.69) is 25.0 Å². The van der Waals surface area contributed by atoms with E-state index in [1.807, 2.05) is 0 Å². The minimum absolute atomic E-state index is 0.0220. The second-order valence-electron chi connectivity index (χ2n) is 11.2. The largest absolute Gasteiger partial charge is 0.469 e. The van der Waals surface area contributed by atoms with Gasteiger partial charge in [0.25, 0.3) is 5.56 Å². The fraction of sp³-hybridized carbons (Fsp3) is 0.640. The molecule has 24 nitrogen and oxygen atoms in total. The molecular weight excluding hydrogens is 728 g/mol. The van der Waals surface area contributed by atoms with Crippen LogP contribution in [0.4, 0.5) is 11.8 Å². The first-order chi connectivity index (χ1) is 24.2. The smallest absolute Gasteiger partial charge is 0.388 e. The molecule has 0 aromatic carbocycles. The third kappa shape index (κ3) is 9.63. The Labute approximate surface area is 288 Å². The second kappa shape index (κ2) is 16.7. The van der Waals surface area contributed by atoms with Gasteiger partial charge in [0.1, 0.15) is 30.2 Å². The van der Waals surface area contributed by atoms with Crippen molar-refractivity contribution in [3.8, 4) is 0 Å². The number of aliphatic hydroxyl groups is 1. The summed E-state index contributed by atoms with van der Waals surface area (Å²) in [7, 11) is -6.75. The van der Waals surface area contributed by atoms with E-state index >= 15 is 0 Å². The van der Waals surface area contributed by atoms with Crippen LogP contribution in [0.2, 0.25) is 0 Å². The van der Waals surface area contributed by atoms with Crippen LogP contribution in [0.15, 0.2) is 28.2 Å². The highest BCUT2D eigenvalue weighted by Gasteiger charge is 2.51. The molecule has 5 heterocycles. The molecule has 2 saturated heterocycles. The van der Waals surface area contributed by atoms with E-state index in [1.54, 1.807) is 0 Å². The zero-order valence-electron chi connectivity index (χ0n) is 27.2. The van der Waals surface area contributed by atoms with Gasteiger partial charge in [-0.25, -0.2) is 24.0 Å². The molecule has 0 radical (unpaired) electrons. The number of methoxy groups -OCH3 is 2. The molecule has 9 N–H and O–H groups in total. The van der Waals surface area contributed by atoms with Crippen LogP contribution >= 0.6 is 15.6 Å². The van der Waals surface area contributed by atoms with Gasteiger partial charge in [-0.3, -0.25) is 32.5 Å². The molecule has 0 bridgehead atoms. The number of anilines is 2. The third-order valence-corrected chi connectivity index (χ3v) is 9.76. The Morgan fingerprint density at radius 2 is 1.82 bits per heavy atom. The first-order valence-electron chi connectivity index (χ1n) is 15.3. The summed E-state index contributed by atoms with van der Waals surface area (Å²) in [6.45, 7) is -0.745. The van der Waals surface area contributed by atoms with Gasteiger partial charge in [-0.2, -0.15) is 9.97 Å². The van der Waals surface area contributed by atoms with Crippen molar-refractivity contribution in [3.63, 3.8) is 0 Å². The van der Waals surface area contributed by atoms with Crippen molar-refractivity contribution in [1.29, 1.82) is 0 Å². The number of aromatic nitrogens is 6. The van der Waals surface area contributed by atoms with Gasteiger partial charge in [-0.1, -0.05) is 0 Å². The highest BCUT2D eigenvalue weighted by Crippen LogP contribution is 2.50. The Hall–Kier alpha value is -3.19. The maximum absolute atomic E-state index is 14.4. The molecule has 0 unspecified atom stereocenters. The van der Waals surface area contributed by atoms with Crippen LogP contribution in [0.1, 0.15) is 18.9 Å². The number of aliphatic hydroxyl groups excluding tert-OH is 1. The van der Waals surface area contributed by atoms with Crippen LogP contribution in [0.3, 0.4) is 0 Å². The molecule has 5 rings (SSSR count). The summed E-state index contributed by atoms with van der Waals surface area (Å²) in [5.41, 5.74) is 9.77. The molecule has 8 atom stereocenters. The zero-order valence-corrected chi connectivity index (χ0v) is 29.0. The van der Waals surface area contributed by atoms with E-state index in [4.69, 9.17) is 48.7 Å². The normalized spacial score (nSPS) is 26.6. The van der Waals surface area contributed by atoms with Gasteiger partial charge in [0, 0.05) is 33.4 Å². The number of fused-ring (bicyclic) bond motifs is 1. The van der Waals surface area contributed by atoms with Gasteiger partial charge in [-0.05, 0) is 6.07 Å². The van der Waals surface area contributed by atoms with Gasteiger partial charge in [0.15, 0.2) is 23.6 Å². The molecule has 0 amide bonds. The fourth-order valence-corrected chi connectivity index (χ4v) is 7.28. The van der Waals surface area contributed by atoms with Crippen molar-refractivity contribution in [2.75, 3.05) is 65.3 Å². The standard InChI is InChI=1S/C25H39N9O15P2/c1-42-7-8-44-6-4-29-50(38,45-10-13-9-14(35)22(47-13)33-5-3-16(26)30-25(33)37)49-18-15(11-46-51(39,40)41)48-23(19(18)43-2)34-12-28-17-20(34)31-24(27)32-21(17)36/h3,5,12-15,18-19,22-23,35H,4,6-11H2,1-2H3,(H,29,38)(H2,26,30,37)(H2,39,40,41)(H3,27,31,32,36)/t13-,14+,15+,18+,19+,22+,23+,50-/m0/s1. The Balaban J connectivity index is 1.39. The second-order valence-corrected chi connectivity index (χ2v) is 14.2. The fourth-order valence-electron chi connectivity index (χ4n) is 5.40. The Morgan fingerprint density at radius 1 is 1.04 bits per heavy atom. The number of nitrogen functional groups attached to an aromatic ring is 2. The van der Waals surface area contributed by atoms with E-state index in [0.29, 0.717) is 6.61 Å². The van der Waals surface area contributed by atoms with Crippen molar-refractivity contribution >= 4 is 38.5 Å². The monoisotopic (exact) mass is 767 g/mol. The molecule has 2 aliphatic heterocycles. The molecule has 0 saturated carbocycles. The first kappa shape index (κ1) is 39.0. The van der Waals surface area contributed by atoms with Crippen LogP contribution < -0.4 is 27.8 Å². The number of phosphoric ester groups is 1. The molecular formula is C25H39N9O15P2. The zero-order chi connectivity index (χ0) is 36.9. The van der Waals surface area contributed by atoms with E-state index < -0.39 is 83.0 Å². The molecule has 284 valence electrons. The van der Waals surface area contributed by atoms with E-state index in [9.17, 15) is 33.6 Å². The minimum Gasteiger partial charge on any atom is -0.388 e. The summed E-state index contributed by atoms with van der Waals surface area (Å²) in [5.74, 6) is -0.254. The summed E-state index contributed by atoms with van der Waals surface area (Å²) < 4.78 is 72.9. The molecule has 3 aromatic rings. The van der Waals surface area contributed by atoms with Crippen molar-refractivity contribution in [3.05, 3.63) is 39.4 Å². The Bertz CT molecular complexity index is 1850. The van der Waals surface area contributed by atoms with Crippen LogP contribution in [0.5, 0.6) is 0 Å². The number of phosphoric acid groups is 1. The summed E-state index contributed by atoms with van der Waals surface area (Å²) in [5, 5.41) is 13.3. The number of imidazole rings is 1. The molecule has 2 aliphatic rings. The minimum atomic E-state index is -5.05. The Kier molecular flexibility index (Phi) is 12.7. The van der Waals surface area contributed by atoms with Gasteiger partial charge < -0.3 is 50.0 Å². The number of ether oxygens (including phenoxy) is 5. The van der Waals surface area contributed by atoms with Crippen LogP contribution in [-0.2, 0) is 46.4 Å². The molecule has 3 aromatic heterocycles. The maximum Gasteiger partial charge on any atom is 0.469 e. The lowest BCUT2D eigenvalue weighted by molar-refractivity contribution is -0.0578. The number of H-pyrrole nitrogens is 1. The molecule has 0 aliphatic carbocycles. The van der Waals surface area contributed by atoms with Crippen molar-refractivity contribution in [2.45, 2.75) is 49.4 Å². The number of hydrogen-bond acceptors (Lipinski definition) is 18. The summed E-state index contributed by atoms with van der Waals surface area (Å²) in [6, 6.07) is 1.35. The third-order valence-electron chi connectivity index (χ3n) is 7.66. The van der Waals surface area contributed by atoms with Crippen molar-refractivity contribution in [2.24, 2.45) is 0 Å². The lowest BCUT2D eigenvalue weighted by atomic mass is 10.1. The molecule has 2 fully saturated rings. The number of hydrogen-bond donors (Lipinski definition) is 7. The van der Waals surface area contributed by atoms with Crippen molar-refractivity contribution < 1.29 is 61.3 Å². The average molecular weight is 768 g/mol. The summed E-state index contributed by atoms with van der Waals surface area (Å²) in [4.78, 5) is 57.8. The number of nitrogens with zero attached hydrogens (tertiary/aromatic N) is 5. The van der Waals surface area contributed by atoms with Gasteiger partial charge in [0.05, 0.1) is 45.5 Å². The number of nitrogens with two attached hydrogens (primary N) is 2. The molecule has 0 spiro atoms. The quantitative estimate of drug-likeness (QED) is 0.0542. The van der Waals surface area contributed by atoms with Crippen LogP contribution in [0.25, 0.3) is 11.2 Å². The predicted octanol–water partition coefficient (Wildman–Crippen LogP) is -2.03. The molecule has 51 heavy (non-hydrogen) atoms. The van der Waals surface area contributed by atoms with Crippen LogP contribution in [0, 0.1) is 0 Å². The van der Waals surface area contributed by atoms with E-state index in [-0.39, 0.29) is 49.1 Å². The summed E-state index contributed by atoms with van der Waals surface area (Å²) in [6.07, 6.45) is -6.03. The lowest BCUT2D eigenvalue weighted by Crippen LogP contribution is -2.39. The highest BCUT2D eigenvalue weighted by molar-refractivity contribution is 7.51. The van der Waals surface area contributed by atoms with E-state index in [0.717, 1.165) is 4.57 Å². The van der Waals surface area contributed by atoms with Gasteiger partial charge in [0.2, 0.25) is 5.95 Å². The van der Waals surface area contributed by atoms with Crippen molar-refractivity contribution in [1.82, 2.24) is 34.2 Å². The van der Waals surface area contributed by atoms with Gasteiger partial charge in [-0.15, -0.1) is 0 Å². The number of nitrogens with one attached hydrogen (secondary N) is 2. The summed E-state index contributed by atoms with van der Waals surface area (Å²) >= 11 is 0. The number of aromatic amines is 1. The van der Waals surface area contributed by atoms with E-state index in [1.165, 1.54) is 37.4 Å². The number of rotatable bonds is 18. The average Bonchev–Trinajstić information content (AvgIpc) is 3.75. The highest BCUT2D eigenvalue weighted by atomic mass is 31.2. The van der Waals surface area contributed by atoms with Gasteiger partial charge >= 0.3 is 21.3 Å². The maximum atomic E-state index is 14.4. The Morgan fingerprint density at radius 3 is 2.53 bits per heavy atom.